The van der Waals surface area contributed by atoms with Gasteiger partial charge in [-0.25, -0.2) is 0 Å². The number of nitrogens with zero attached hydrogens (tertiary/aromatic N) is 1. The molecule has 2 rings (SSSR count). The highest BCUT2D eigenvalue weighted by molar-refractivity contribution is 5.74. The number of aromatic hydroxyl groups is 2. The van der Waals surface area contributed by atoms with Gasteiger partial charge in [0.05, 0.1) is 5.41 Å². The van der Waals surface area contributed by atoms with E-state index >= 15 is 0 Å². The highest BCUT2D eigenvalue weighted by Gasteiger charge is 2.40. The number of benzene rings is 1. The normalized spacial score (nSPS) is 18.5. The largest absolute Gasteiger partial charge is 0.504 e. The Morgan fingerprint density at radius 1 is 1.24 bits per heavy atom. The van der Waals surface area contributed by atoms with Crippen LogP contribution in [-0.2, 0) is 11.3 Å². The van der Waals surface area contributed by atoms with Crippen molar-refractivity contribution in [3.63, 3.8) is 0 Å². The van der Waals surface area contributed by atoms with E-state index < -0.39 is 11.4 Å². The number of hydrogen-bond donors (Lipinski definition) is 3. The molecule has 1 aromatic carbocycles. The number of aliphatic carboxylic acids is 1. The number of carboxylic acids is 1. The molecule has 1 saturated heterocycles. The Kier molecular flexibility index (Phi) is 4.73. The second-order valence-electron chi connectivity index (χ2n) is 5.93. The lowest BCUT2D eigenvalue weighted by molar-refractivity contribution is -0.152. The molecule has 1 fully saturated rings. The minimum Gasteiger partial charge on any atom is -0.504 e. The molecule has 1 heterocycles. The molecular formula is C16H23NO4. The molecule has 0 unspecified atom stereocenters. The van der Waals surface area contributed by atoms with E-state index in [1.807, 2.05) is 6.92 Å². The smallest absolute Gasteiger partial charge is 0.309 e. The Labute approximate surface area is 124 Å². The molecule has 21 heavy (non-hydrogen) atoms. The van der Waals surface area contributed by atoms with Gasteiger partial charge in [-0.05, 0) is 50.0 Å². The van der Waals surface area contributed by atoms with Crippen LogP contribution in [0.3, 0.4) is 0 Å². The van der Waals surface area contributed by atoms with Crippen molar-refractivity contribution >= 4 is 5.97 Å². The van der Waals surface area contributed by atoms with Crippen molar-refractivity contribution in [2.24, 2.45) is 5.41 Å². The van der Waals surface area contributed by atoms with Gasteiger partial charge < -0.3 is 15.3 Å². The van der Waals surface area contributed by atoms with Crippen molar-refractivity contribution in [2.45, 2.75) is 39.2 Å². The predicted molar refractivity (Wildman–Crippen MR) is 79.3 cm³/mol. The first-order valence-electron chi connectivity index (χ1n) is 7.43. The van der Waals surface area contributed by atoms with Gasteiger partial charge in [-0.1, -0.05) is 19.4 Å². The molecule has 1 aliphatic rings. The summed E-state index contributed by atoms with van der Waals surface area (Å²) >= 11 is 0. The topological polar surface area (TPSA) is 81.0 Å². The summed E-state index contributed by atoms with van der Waals surface area (Å²) in [5.41, 5.74) is 0.353. The molecule has 0 bridgehead atoms. The van der Waals surface area contributed by atoms with Crippen molar-refractivity contribution in [3.05, 3.63) is 23.8 Å². The number of likely N-dealkylation sites (tertiary alicyclic amines) is 1. The van der Waals surface area contributed by atoms with Crippen LogP contribution >= 0.6 is 0 Å². The zero-order chi connectivity index (χ0) is 15.5. The monoisotopic (exact) mass is 293 g/mol. The molecule has 1 aliphatic heterocycles. The molecular weight excluding hydrogens is 270 g/mol. The van der Waals surface area contributed by atoms with Gasteiger partial charge in [0.2, 0.25) is 0 Å². The molecule has 0 aliphatic carbocycles. The summed E-state index contributed by atoms with van der Waals surface area (Å²) in [6, 6.07) is 4.81. The third-order valence-electron chi connectivity index (χ3n) is 4.44. The zero-order valence-corrected chi connectivity index (χ0v) is 12.4. The lowest BCUT2D eigenvalue weighted by Crippen LogP contribution is -2.44. The average molecular weight is 293 g/mol. The quantitative estimate of drug-likeness (QED) is 0.727. The fourth-order valence-corrected chi connectivity index (χ4v) is 3.11. The molecule has 1 aromatic rings. The third kappa shape index (κ3) is 3.47. The van der Waals surface area contributed by atoms with E-state index in [-0.39, 0.29) is 11.5 Å². The maximum atomic E-state index is 11.5. The maximum absolute atomic E-state index is 11.5. The molecule has 5 nitrogen and oxygen atoms in total. The lowest BCUT2D eigenvalue weighted by atomic mass is 9.75. The van der Waals surface area contributed by atoms with Crippen molar-refractivity contribution in [1.82, 2.24) is 4.90 Å². The van der Waals surface area contributed by atoms with Crippen molar-refractivity contribution in [2.75, 3.05) is 13.1 Å². The molecule has 0 spiro atoms. The van der Waals surface area contributed by atoms with Crippen LogP contribution in [0.4, 0.5) is 0 Å². The summed E-state index contributed by atoms with van der Waals surface area (Å²) in [4.78, 5) is 13.7. The molecule has 5 heteroatoms. The van der Waals surface area contributed by atoms with E-state index in [0.717, 1.165) is 31.5 Å². The number of piperidine rings is 1. The van der Waals surface area contributed by atoms with Crippen molar-refractivity contribution < 1.29 is 20.1 Å². The Bertz CT molecular complexity index is 507. The van der Waals surface area contributed by atoms with Crippen LogP contribution in [0.2, 0.25) is 0 Å². The standard InChI is InChI=1S/C16H23NO4/c1-2-5-16(15(20)21)6-8-17(9-7-16)11-12-3-4-13(18)14(19)10-12/h3-4,10,18-19H,2,5-9,11H2,1H3,(H,20,21). The number of rotatable bonds is 5. The number of hydrogen-bond acceptors (Lipinski definition) is 4. The SMILES string of the molecule is CCCC1(C(=O)O)CCN(Cc2ccc(O)c(O)c2)CC1. The summed E-state index contributed by atoms with van der Waals surface area (Å²) in [5.74, 6) is -0.910. The van der Waals surface area contributed by atoms with E-state index in [9.17, 15) is 20.1 Å². The third-order valence-corrected chi connectivity index (χ3v) is 4.44. The Morgan fingerprint density at radius 3 is 2.43 bits per heavy atom. The Hall–Kier alpha value is -1.75. The fraction of sp³-hybridized carbons (Fsp3) is 0.562. The van der Waals surface area contributed by atoms with Crippen molar-refractivity contribution in [1.29, 1.82) is 0 Å². The van der Waals surface area contributed by atoms with Crippen LogP contribution < -0.4 is 0 Å². The van der Waals surface area contributed by atoms with Crippen LogP contribution in [-0.4, -0.2) is 39.3 Å². The number of carboxylic acid groups (broad SMARTS) is 1. The van der Waals surface area contributed by atoms with Gasteiger partial charge in [0.25, 0.3) is 0 Å². The number of phenolic OH excluding ortho intramolecular Hbond substituents is 2. The zero-order valence-electron chi connectivity index (χ0n) is 12.4. The highest BCUT2D eigenvalue weighted by atomic mass is 16.4. The van der Waals surface area contributed by atoms with E-state index in [0.29, 0.717) is 19.4 Å². The van der Waals surface area contributed by atoms with Crippen LogP contribution in [0.15, 0.2) is 18.2 Å². The molecule has 0 radical (unpaired) electrons. The molecule has 0 aromatic heterocycles. The minimum absolute atomic E-state index is 0.115. The van der Waals surface area contributed by atoms with Gasteiger partial charge in [-0.2, -0.15) is 0 Å². The molecule has 116 valence electrons. The minimum atomic E-state index is -0.675. The second-order valence-corrected chi connectivity index (χ2v) is 5.93. The maximum Gasteiger partial charge on any atom is 0.309 e. The molecule has 0 amide bonds. The average Bonchev–Trinajstić information content (AvgIpc) is 2.45. The fourth-order valence-electron chi connectivity index (χ4n) is 3.11. The summed E-state index contributed by atoms with van der Waals surface area (Å²) in [6.07, 6.45) is 2.95. The highest BCUT2D eigenvalue weighted by Crippen LogP contribution is 2.37. The van der Waals surface area contributed by atoms with Gasteiger partial charge in [0.1, 0.15) is 0 Å². The summed E-state index contributed by atoms with van der Waals surface area (Å²) in [6.45, 7) is 4.17. The van der Waals surface area contributed by atoms with Gasteiger partial charge in [0, 0.05) is 6.54 Å². The van der Waals surface area contributed by atoms with Crippen LogP contribution in [0.25, 0.3) is 0 Å². The number of carbonyl (C=O) groups is 1. The predicted octanol–water partition coefficient (Wildman–Crippen LogP) is 2.56. The van der Waals surface area contributed by atoms with Crippen LogP contribution in [0.1, 0.15) is 38.2 Å². The van der Waals surface area contributed by atoms with E-state index in [1.54, 1.807) is 12.1 Å². The van der Waals surface area contributed by atoms with Gasteiger partial charge in [-0.15, -0.1) is 0 Å². The second kappa shape index (κ2) is 6.35. The molecule has 0 atom stereocenters. The van der Waals surface area contributed by atoms with Crippen molar-refractivity contribution in [3.8, 4) is 11.5 Å². The first-order chi connectivity index (χ1) is 9.97. The summed E-state index contributed by atoms with van der Waals surface area (Å²) in [5, 5.41) is 28.3. The first kappa shape index (κ1) is 15.6. The van der Waals surface area contributed by atoms with Crippen LogP contribution in [0, 0.1) is 5.41 Å². The molecule has 0 saturated carbocycles. The first-order valence-corrected chi connectivity index (χ1v) is 7.43. The molecule has 3 N–H and O–H groups in total. The Balaban J connectivity index is 1.97. The van der Waals surface area contributed by atoms with E-state index in [4.69, 9.17) is 0 Å². The summed E-state index contributed by atoms with van der Waals surface area (Å²) < 4.78 is 0. The Morgan fingerprint density at radius 2 is 1.90 bits per heavy atom. The summed E-state index contributed by atoms with van der Waals surface area (Å²) in [7, 11) is 0. The van der Waals surface area contributed by atoms with Gasteiger partial charge in [0.15, 0.2) is 11.5 Å². The van der Waals surface area contributed by atoms with E-state index in [1.165, 1.54) is 6.07 Å². The van der Waals surface area contributed by atoms with E-state index in [2.05, 4.69) is 4.90 Å². The lowest BCUT2D eigenvalue weighted by Gasteiger charge is -2.38. The number of phenols is 2. The van der Waals surface area contributed by atoms with Crippen LogP contribution in [0.5, 0.6) is 11.5 Å². The van der Waals surface area contributed by atoms with Gasteiger partial charge in [-0.3, -0.25) is 9.69 Å². The van der Waals surface area contributed by atoms with Gasteiger partial charge >= 0.3 is 5.97 Å².